The second-order valence-corrected chi connectivity index (χ2v) is 13.7. The summed E-state index contributed by atoms with van der Waals surface area (Å²) in [4.78, 5) is 22.3. The van der Waals surface area contributed by atoms with Gasteiger partial charge in [0.05, 0.1) is 32.5 Å². The van der Waals surface area contributed by atoms with Crippen LogP contribution in [0.15, 0.2) is 78.2 Å². The zero-order valence-electron chi connectivity index (χ0n) is 25.3. The standard InChI is InChI=1S/C32H27Cl2F2N9O2S/c1-43-13-4-14-44(16-15-43)23-6-3-7-24-31(23)39-18-45(24)26-12-11-22-30(40-26)32(38-17-37-22)41-29-20(35)9-10-21(28(29)36)42-48(46,47)25-8-2-5-19(33)27(25)34/h2-3,5-12,17-18,42H,4,13-16H2,1H3,(H,37,38,41). The molecule has 3 aromatic carbocycles. The van der Waals surface area contributed by atoms with E-state index in [9.17, 15) is 8.42 Å². The Balaban J connectivity index is 1.23. The van der Waals surface area contributed by atoms with E-state index >= 15 is 8.78 Å². The molecule has 0 amide bonds. The van der Waals surface area contributed by atoms with Gasteiger partial charge in [0.2, 0.25) is 0 Å². The summed E-state index contributed by atoms with van der Waals surface area (Å²) in [5, 5.41) is 2.42. The molecular weight excluding hydrogens is 683 g/mol. The van der Waals surface area contributed by atoms with Gasteiger partial charge < -0.3 is 15.1 Å². The highest BCUT2D eigenvalue weighted by atomic mass is 35.5. The van der Waals surface area contributed by atoms with E-state index in [4.69, 9.17) is 33.2 Å². The largest absolute Gasteiger partial charge is 0.368 e. The van der Waals surface area contributed by atoms with Crippen molar-refractivity contribution in [3.63, 3.8) is 0 Å². The predicted octanol–water partition coefficient (Wildman–Crippen LogP) is 6.64. The Bertz CT molecular complexity index is 2310. The molecule has 2 N–H and O–H groups in total. The number of para-hydroxylation sites is 1. The van der Waals surface area contributed by atoms with Crippen LogP contribution in [0, 0.1) is 11.6 Å². The highest BCUT2D eigenvalue weighted by molar-refractivity contribution is 7.92. The van der Waals surface area contributed by atoms with Crippen molar-refractivity contribution in [3.8, 4) is 5.82 Å². The summed E-state index contributed by atoms with van der Waals surface area (Å²) in [6, 6.07) is 15.4. The van der Waals surface area contributed by atoms with E-state index in [-0.39, 0.29) is 26.3 Å². The third kappa shape index (κ3) is 5.96. The zero-order valence-corrected chi connectivity index (χ0v) is 27.7. The number of benzene rings is 3. The van der Waals surface area contributed by atoms with E-state index in [0.29, 0.717) is 11.3 Å². The third-order valence-corrected chi connectivity index (χ3v) is 10.5. The molecule has 7 rings (SSSR count). The number of likely N-dealkylation sites (N-methyl/N-ethyl adjacent to an activating group) is 1. The Kier molecular flexibility index (Phi) is 8.50. The van der Waals surface area contributed by atoms with E-state index in [1.54, 1.807) is 18.5 Å². The number of sulfonamides is 1. The molecular formula is C32H27Cl2F2N9O2S. The summed E-state index contributed by atoms with van der Waals surface area (Å²) in [6.45, 7) is 3.78. The van der Waals surface area contributed by atoms with Gasteiger partial charge in [0, 0.05) is 19.6 Å². The highest BCUT2D eigenvalue weighted by Crippen LogP contribution is 2.34. The van der Waals surface area contributed by atoms with Crippen molar-refractivity contribution >= 4 is 78.2 Å². The predicted molar refractivity (Wildman–Crippen MR) is 183 cm³/mol. The molecule has 0 atom stereocenters. The lowest BCUT2D eigenvalue weighted by Gasteiger charge is -2.23. The number of anilines is 4. The van der Waals surface area contributed by atoms with Gasteiger partial charge in [-0.2, -0.15) is 0 Å². The number of pyridine rings is 1. The average molecular weight is 711 g/mol. The summed E-state index contributed by atoms with van der Waals surface area (Å²) < 4.78 is 61.0. The van der Waals surface area contributed by atoms with Crippen LogP contribution in [0.5, 0.6) is 0 Å². The molecule has 0 spiro atoms. The molecule has 246 valence electrons. The Labute approximate surface area is 284 Å². The number of imidazole rings is 1. The van der Waals surface area contributed by atoms with E-state index in [1.165, 1.54) is 24.5 Å². The summed E-state index contributed by atoms with van der Waals surface area (Å²) in [7, 11) is -2.28. The summed E-state index contributed by atoms with van der Waals surface area (Å²) >= 11 is 12.1. The molecule has 1 saturated heterocycles. The van der Waals surface area contributed by atoms with Gasteiger partial charge in [-0.15, -0.1) is 0 Å². The van der Waals surface area contributed by atoms with Gasteiger partial charge in [-0.05, 0) is 68.5 Å². The first-order valence-corrected chi connectivity index (χ1v) is 17.1. The van der Waals surface area contributed by atoms with Crippen LogP contribution < -0.4 is 14.9 Å². The average Bonchev–Trinajstić information content (AvgIpc) is 3.39. The number of fused-ring (bicyclic) bond motifs is 2. The molecule has 48 heavy (non-hydrogen) atoms. The van der Waals surface area contributed by atoms with Gasteiger partial charge in [0.15, 0.2) is 11.6 Å². The summed E-state index contributed by atoms with van der Waals surface area (Å²) in [5.74, 6) is -1.73. The molecule has 0 aliphatic carbocycles. The van der Waals surface area contributed by atoms with Crippen molar-refractivity contribution in [1.82, 2.24) is 29.4 Å². The Hall–Kier alpha value is -4.63. The number of aromatic nitrogens is 5. The van der Waals surface area contributed by atoms with Crippen LogP contribution in [-0.4, -0.2) is 71.0 Å². The number of hydrogen-bond donors (Lipinski definition) is 2. The molecule has 0 unspecified atom stereocenters. The molecule has 4 heterocycles. The minimum Gasteiger partial charge on any atom is -0.368 e. The van der Waals surface area contributed by atoms with Crippen LogP contribution in [0.4, 0.5) is 31.7 Å². The van der Waals surface area contributed by atoms with Gasteiger partial charge in [-0.1, -0.05) is 35.3 Å². The van der Waals surface area contributed by atoms with Crippen LogP contribution in [-0.2, 0) is 10.0 Å². The number of nitrogens with zero attached hydrogens (tertiary/aromatic N) is 7. The van der Waals surface area contributed by atoms with E-state index < -0.39 is 33.0 Å². The van der Waals surface area contributed by atoms with Crippen molar-refractivity contribution in [1.29, 1.82) is 0 Å². The first-order valence-electron chi connectivity index (χ1n) is 14.8. The third-order valence-electron chi connectivity index (χ3n) is 8.11. The van der Waals surface area contributed by atoms with Gasteiger partial charge in [0.25, 0.3) is 10.0 Å². The molecule has 3 aromatic heterocycles. The number of halogens is 4. The Morgan fingerprint density at radius 1 is 0.875 bits per heavy atom. The second kappa shape index (κ2) is 12.8. The molecule has 16 heteroatoms. The summed E-state index contributed by atoms with van der Waals surface area (Å²) in [6.07, 6.45) is 3.96. The molecule has 0 radical (unpaired) electrons. The second-order valence-electron chi connectivity index (χ2n) is 11.2. The quantitative estimate of drug-likeness (QED) is 0.188. The SMILES string of the molecule is CN1CCCN(c2cccc3c2ncn3-c2ccc3ncnc(Nc4c(F)ccc(NS(=O)(=O)c5cccc(Cl)c5Cl)c4F)c3n2)CC1. The molecule has 1 aliphatic heterocycles. The van der Waals surface area contributed by atoms with E-state index in [0.717, 1.165) is 61.5 Å². The lowest BCUT2D eigenvalue weighted by atomic mass is 10.2. The number of rotatable bonds is 7. The molecule has 1 aliphatic rings. The van der Waals surface area contributed by atoms with Gasteiger partial charge in [-0.25, -0.2) is 37.1 Å². The Morgan fingerprint density at radius 3 is 2.56 bits per heavy atom. The maximum Gasteiger partial charge on any atom is 0.263 e. The number of hydrogen-bond acceptors (Lipinski definition) is 9. The van der Waals surface area contributed by atoms with Gasteiger partial charge >= 0.3 is 0 Å². The van der Waals surface area contributed by atoms with Crippen LogP contribution in [0.1, 0.15) is 6.42 Å². The fourth-order valence-corrected chi connectivity index (χ4v) is 7.48. The fourth-order valence-electron chi connectivity index (χ4n) is 5.66. The monoisotopic (exact) mass is 709 g/mol. The van der Waals surface area contributed by atoms with Crippen LogP contribution in [0.3, 0.4) is 0 Å². The minimum absolute atomic E-state index is 0.00134. The van der Waals surface area contributed by atoms with E-state index in [1.807, 2.05) is 16.7 Å². The number of nitrogens with one attached hydrogen (secondary N) is 2. The van der Waals surface area contributed by atoms with Crippen molar-refractivity contribution in [2.45, 2.75) is 11.3 Å². The van der Waals surface area contributed by atoms with Crippen LogP contribution in [0.25, 0.3) is 27.9 Å². The smallest absolute Gasteiger partial charge is 0.263 e. The van der Waals surface area contributed by atoms with Crippen LogP contribution >= 0.6 is 23.2 Å². The van der Waals surface area contributed by atoms with Crippen molar-refractivity contribution in [2.24, 2.45) is 0 Å². The normalized spacial score (nSPS) is 14.4. The van der Waals surface area contributed by atoms with E-state index in [2.05, 4.69) is 42.9 Å². The maximum atomic E-state index is 15.8. The zero-order chi connectivity index (χ0) is 33.6. The molecule has 1 fully saturated rings. The first-order chi connectivity index (χ1) is 23.1. The lowest BCUT2D eigenvalue weighted by Crippen LogP contribution is -2.28. The van der Waals surface area contributed by atoms with Crippen molar-refractivity contribution < 1.29 is 17.2 Å². The van der Waals surface area contributed by atoms with Crippen molar-refractivity contribution in [2.75, 3.05) is 48.2 Å². The molecule has 6 aromatic rings. The molecule has 0 bridgehead atoms. The van der Waals surface area contributed by atoms with Gasteiger partial charge in [0.1, 0.15) is 45.9 Å². The fraction of sp³-hybridized carbons (Fsp3) is 0.188. The first kappa shape index (κ1) is 31.9. The lowest BCUT2D eigenvalue weighted by molar-refractivity contribution is 0.360. The molecule has 11 nitrogen and oxygen atoms in total. The topological polar surface area (TPSA) is 121 Å². The Morgan fingerprint density at radius 2 is 1.71 bits per heavy atom. The highest BCUT2D eigenvalue weighted by Gasteiger charge is 2.24. The van der Waals surface area contributed by atoms with Crippen LogP contribution in [0.2, 0.25) is 10.0 Å². The minimum atomic E-state index is -4.40. The molecule has 0 saturated carbocycles. The summed E-state index contributed by atoms with van der Waals surface area (Å²) in [5.41, 5.74) is 2.14. The van der Waals surface area contributed by atoms with Crippen molar-refractivity contribution in [3.05, 3.63) is 95.0 Å². The van der Waals surface area contributed by atoms with Gasteiger partial charge in [-0.3, -0.25) is 9.29 Å². The maximum absolute atomic E-state index is 15.8.